The minimum absolute atomic E-state index is 0.172. The van der Waals surface area contributed by atoms with Crippen LogP contribution in [0.5, 0.6) is 0 Å². The van der Waals surface area contributed by atoms with E-state index in [1.165, 1.54) is 17.8 Å². The van der Waals surface area contributed by atoms with E-state index in [0.717, 1.165) is 0 Å². The van der Waals surface area contributed by atoms with E-state index >= 15 is 0 Å². The van der Waals surface area contributed by atoms with E-state index in [1.807, 2.05) is 0 Å². The number of methoxy groups -OCH3 is 1. The van der Waals surface area contributed by atoms with Gasteiger partial charge in [0.2, 0.25) is 10.0 Å². The molecule has 0 spiro atoms. The molecule has 15 heavy (non-hydrogen) atoms. The first-order chi connectivity index (χ1) is 7.05. The lowest BCUT2D eigenvalue weighted by Gasteiger charge is -2.06. The molecular weight excluding hydrogens is 234 g/mol. The number of sulfonamides is 1. The highest BCUT2D eigenvalue weighted by Gasteiger charge is 2.12. The second-order valence-corrected chi connectivity index (χ2v) is 5.50. The molecule has 0 aliphatic rings. The van der Waals surface area contributed by atoms with E-state index in [1.54, 1.807) is 25.3 Å². The summed E-state index contributed by atoms with van der Waals surface area (Å²) in [5, 5.41) is 5.09. The average molecular weight is 247 g/mol. The second-order valence-electron chi connectivity index (χ2n) is 2.83. The minimum atomic E-state index is -3.63. The smallest absolute Gasteiger partial charge is 0.239 e. The van der Waals surface area contributed by atoms with Crippen LogP contribution in [0.2, 0.25) is 0 Å². The summed E-state index contributed by atoms with van der Waals surface area (Å²) in [5.74, 6) is 0.697. The summed E-state index contributed by atoms with van der Waals surface area (Å²) in [5.41, 5.74) is 0. The number of benzene rings is 1. The summed E-state index contributed by atoms with van der Waals surface area (Å²) in [6.45, 7) is 0.573. The van der Waals surface area contributed by atoms with Crippen molar-refractivity contribution >= 4 is 21.8 Å². The summed E-state index contributed by atoms with van der Waals surface area (Å²) >= 11 is 1.41. The van der Waals surface area contributed by atoms with Gasteiger partial charge >= 0.3 is 0 Å². The topological polar surface area (TPSA) is 69.4 Å². The molecule has 84 valence electrons. The third-order valence-electron chi connectivity index (χ3n) is 1.70. The van der Waals surface area contributed by atoms with Crippen LogP contribution in [0, 0.1) is 0 Å². The van der Waals surface area contributed by atoms with E-state index in [-0.39, 0.29) is 4.90 Å². The van der Waals surface area contributed by atoms with E-state index in [9.17, 15) is 8.42 Å². The lowest BCUT2D eigenvalue weighted by molar-refractivity contribution is 0.218. The van der Waals surface area contributed by atoms with Crippen LogP contribution in [0.4, 0.5) is 0 Å². The lowest BCUT2D eigenvalue weighted by atomic mass is 10.4. The van der Waals surface area contributed by atoms with E-state index < -0.39 is 10.0 Å². The van der Waals surface area contributed by atoms with Gasteiger partial charge in [0.25, 0.3) is 0 Å². The maximum Gasteiger partial charge on any atom is 0.239 e. The lowest BCUT2D eigenvalue weighted by Crippen LogP contribution is -2.13. The third kappa shape index (κ3) is 3.83. The molecule has 0 unspecified atom stereocenters. The number of hydrogen-bond donors (Lipinski definition) is 1. The molecule has 0 saturated heterocycles. The Balaban J connectivity index is 2.88. The summed E-state index contributed by atoms with van der Waals surface area (Å²) in [6, 6.07) is 6.68. The predicted octanol–water partition coefficient (Wildman–Crippen LogP) is 1.07. The number of hydrogen-bond acceptors (Lipinski definition) is 4. The Bertz CT molecular complexity index is 417. The van der Waals surface area contributed by atoms with Crippen molar-refractivity contribution in [3.63, 3.8) is 0 Å². The Labute approximate surface area is 93.9 Å². The normalized spacial score (nSPS) is 11.6. The maximum atomic E-state index is 11.2. The largest absolute Gasteiger partial charge is 0.384 e. The van der Waals surface area contributed by atoms with Crippen molar-refractivity contribution < 1.29 is 13.2 Å². The molecule has 1 rings (SSSR count). The molecule has 0 aromatic heterocycles. The first kappa shape index (κ1) is 12.5. The van der Waals surface area contributed by atoms with Crippen molar-refractivity contribution in [3.8, 4) is 0 Å². The summed E-state index contributed by atoms with van der Waals surface area (Å²) < 4.78 is 27.3. The number of ether oxygens (including phenoxy) is 1. The molecule has 0 saturated carbocycles. The number of thioether (sulfide) groups is 1. The van der Waals surface area contributed by atoms with Crippen molar-refractivity contribution in [2.75, 3.05) is 19.5 Å². The summed E-state index contributed by atoms with van der Waals surface area (Å²) in [4.78, 5) is 0.836. The van der Waals surface area contributed by atoms with Crippen molar-refractivity contribution in [3.05, 3.63) is 24.3 Å². The summed E-state index contributed by atoms with van der Waals surface area (Å²) in [7, 11) is -2.03. The summed E-state index contributed by atoms with van der Waals surface area (Å²) in [6.07, 6.45) is 0. The van der Waals surface area contributed by atoms with Gasteiger partial charge in [-0.3, -0.25) is 0 Å². The SMILES string of the molecule is COCCSc1ccccc1S(N)(=O)=O. The molecule has 0 heterocycles. The van der Waals surface area contributed by atoms with Crippen LogP contribution >= 0.6 is 11.8 Å². The average Bonchev–Trinajstić information content (AvgIpc) is 2.17. The Hall–Kier alpha value is -0.560. The van der Waals surface area contributed by atoms with Crippen LogP contribution < -0.4 is 5.14 Å². The molecule has 2 N–H and O–H groups in total. The van der Waals surface area contributed by atoms with Gasteiger partial charge in [-0.1, -0.05) is 12.1 Å². The van der Waals surface area contributed by atoms with Crippen LogP contribution in [0.15, 0.2) is 34.1 Å². The molecule has 0 radical (unpaired) electrons. The predicted molar refractivity (Wildman–Crippen MR) is 60.4 cm³/mol. The minimum Gasteiger partial charge on any atom is -0.384 e. The molecule has 6 heteroatoms. The van der Waals surface area contributed by atoms with Gasteiger partial charge in [-0.05, 0) is 12.1 Å². The highest BCUT2D eigenvalue weighted by molar-refractivity contribution is 8.00. The van der Waals surface area contributed by atoms with Gasteiger partial charge in [-0.25, -0.2) is 13.6 Å². The van der Waals surface area contributed by atoms with E-state index in [4.69, 9.17) is 9.88 Å². The van der Waals surface area contributed by atoms with Crippen LogP contribution in [0.3, 0.4) is 0 Å². The van der Waals surface area contributed by atoms with Crippen molar-refractivity contribution in [1.82, 2.24) is 0 Å². The molecule has 0 amide bonds. The van der Waals surface area contributed by atoms with Gasteiger partial charge in [0, 0.05) is 17.8 Å². The van der Waals surface area contributed by atoms with Gasteiger partial charge in [0.15, 0.2) is 0 Å². The molecule has 0 fully saturated rings. The highest BCUT2D eigenvalue weighted by Crippen LogP contribution is 2.25. The molecule has 1 aromatic rings. The standard InChI is InChI=1S/C9H13NO3S2/c1-13-6-7-14-8-4-2-3-5-9(8)15(10,11)12/h2-5H,6-7H2,1H3,(H2,10,11,12). The zero-order valence-corrected chi connectivity index (χ0v) is 9.98. The van der Waals surface area contributed by atoms with Crippen molar-refractivity contribution in [1.29, 1.82) is 0 Å². The van der Waals surface area contributed by atoms with Gasteiger partial charge in [0.1, 0.15) is 0 Å². The monoisotopic (exact) mass is 247 g/mol. The molecule has 0 aliphatic carbocycles. The number of nitrogens with two attached hydrogens (primary N) is 1. The Morgan fingerprint density at radius 2 is 2.07 bits per heavy atom. The van der Waals surface area contributed by atoms with Crippen molar-refractivity contribution in [2.45, 2.75) is 9.79 Å². The molecule has 0 bridgehead atoms. The molecule has 4 nitrogen and oxygen atoms in total. The van der Waals surface area contributed by atoms with Gasteiger partial charge in [-0.15, -0.1) is 11.8 Å². The quantitative estimate of drug-likeness (QED) is 0.624. The van der Waals surface area contributed by atoms with Crippen LogP contribution in [-0.2, 0) is 14.8 Å². The van der Waals surface area contributed by atoms with Gasteiger partial charge in [-0.2, -0.15) is 0 Å². The Morgan fingerprint density at radius 3 is 2.67 bits per heavy atom. The van der Waals surface area contributed by atoms with E-state index in [0.29, 0.717) is 17.3 Å². The number of primary sulfonamides is 1. The molecule has 0 atom stereocenters. The fourth-order valence-corrected chi connectivity index (χ4v) is 3.04. The zero-order valence-electron chi connectivity index (χ0n) is 8.34. The zero-order chi connectivity index (χ0) is 11.3. The first-order valence-electron chi connectivity index (χ1n) is 4.29. The fourth-order valence-electron chi connectivity index (χ4n) is 1.04. The molecule has 1 aromatic carbocycles. The first-order valence-corrected chi connectivity index (χ1v) is 6.82. The van der Waals surface area contributed by atoms with Crippen molar-refractivity contribution in [2.24, 2.45) is 5.14 Å². The van der Waals surface area contributed by atoms with Crippen LogP contribution in [-0.4, -0.2) is 27.9 Å². The molecule has 0 aliphatic heterocycles. The van der Waals surface area contributed by atoms with Gasteiger partial charge in [0.05, 0.1) is 11.5 Å². The fraction of sp³-hybridized carbons (Fsp3) is 0.333. The van der Waals surface area contributed by atoms with Crippen LogP contribution in [0.25, 0.3) is 0 Å². The van der Waals surface area contributed by atoms with Crippen LogP contribution in [0.1, 0.15) is 0 Å². The number of rotatable bonds is 5. The van der Waals surface area contributed by atoms with Gasteiger partial charge < -0.3 is 4.74 Å². The second kappa shape index (κ2) is 5.50. The van der Waals surface area contributed by atoms with E-state index in [2.05, 4.69) is 0 Å². The Morgan fingerprint density at radius 1 is 1.40 bits per heavy atom. The Kier molecular flexibility index (Phi) is 4.59. The molecular formula is C9H13NO3S2. The highest BCUT2D eigenvalue weighted by atomic mass is 32.2. The maximum absolute atomic E-state index is 11.2. The third-order valence-corrected chi connectivity index (χ3v) is 3.84.